The molecule has 1 aromatic carbocycles. The van der Waals surface area contributed by atoms with Gasteiger partial charge in [0.05, 0.1) is 25.5 Å². The zero-order chi connectivity index (χ0) is 20.1. The first-order valence-electron chi connectivity index (χ1n) is 8.16. The Balaban J connectivity index is 2.13. The van der Waals surface area contributed by atoms with E-state index in [0.717, 1.165) is 9.75 Å². The number of methoxy groups -OCH3 is 2. The Kier molecular flexibility index (Phi) is 6.57. The Bertz CT molecular complexity index is 887. The maximum Gasteiger partial charge on any atom is 0.335 e. The summed E-state index contributed by atoms with van der Waals surface area (Å²) in [6.07, 6.45) is 0.0247. The Labute approximate surface area is 160 Å². The number of carbonyl (C=O) groups is 3. The molecule has 0 saturated heterocycles. The van der Waals surface area contributed by atoms with Crippen LogP contribution in [0.4, 0.5) is 5.69 Å². The van der Waals surface area contributed by atoms with E-state index >= 15 is 0 Å². The Morgan fingerprint density at radius 3 is 2.30 bits per heavy atom. The molecular formula is C19H21NO6S. The Morgan fingerprint density at radius 1 is 1.07 bits per heavy atom. The smallest absolute Gasteiger partial charge is 0.335 e. The van der Waals surface area contributed by atoms with Crippen molar-refractivity contribution >= 4 is 34.7 Å². The number of nitrogens with one attached hydrogen (secondary N) is 1. The number of rotatable bonds is 8. The van der Waals surface area contributed by atoms with Crippen LogP contribution < -0.4 is 14.8 Å². The molecule has 0 aliphatic heterocycles. The van der Waals surface area contributed by atoms with E-state index in [4.69, 9.17) is 9.47 Å². The lowest BCUT2D eigenvalue weighted by Gasteiger charge is -2.14. The number of ether oxygens (including phenoxy) is 2. The van der Waals surface area contributed by atoms with Gasteiger partial charge in [-0.2, -0.15) is 0 Å². The SMILES string of the molecule is COc1cc(C(=O)O)cc(NC(=O)CCC(=O)c2cc(C)sc2C)c1OC. The van der Waals surface area contributed by atoms with Crippen LogP contribution in [0.15, 0.2) is 18.2 Å². The molecule has 0 fully saturated rings. The third kappa shape index (κ3) is 4.85. The predicted molar refractivity (Wildman–Crippen MR) is 102 cm³/mol. The summed E-state index contributed by atoms with van der Waals surface area (Å²) in [5.41, 5.74) is 0.759. The van der Waals surface area contributed by atoms with Crippen molar-refractivity contribution in [3.63, 3.8) is 0 Å². The van der Waals surface area contributed by atoms with Gasteiger partial charge in [0.2, 0.25) is 5.91 Å². The van der Waals surface area contributed by atoms with Gasteiger partial charge in [-0.25, -0.2) is 4.79 Å². The second kappa shape index (κ2) is 8.68. The largest absolute Gasteiger partial charge is 0.493 e. The van der Waals surface area contributed by atoms with Gasteiger partial charge >= 0.3 is 5.97 Å². The molecule has 2 aromatic rings. The van der Waals surface area contributed by atoms with E-state index in [9.17, 15) is 19.5 Å². The third-order valence-electron chi connectivity index (χ3n) is 3.92. The van der Waals surface area contributed by atoms with E-state index in [1.165, 1.54) is 26.4 Å². The second-order valence-electron chi connectivity index (χ2n) is 5.86. The zero-order valence-corrected chi connectivity index (χ0v) is 16.4. The van der Waals surface area contributed by atoms with Crippen LogP contribution in [0.2, 0.25) is 0 Å². The summed E-state index contributed by atoms with van der Waals surface area (Å²) in [6.45, 7) is 3.80. The lowest BCUT2D eigenvalue weighted by Crippen LogP contribution is -2.15. The lowest BCUT2D eigenvalue weighted by atomic mass is 10.1. The molecule has 0 bridgehead atoms. The molecule has 1 aromatic heterocycles. The maximum absolute atomic E-state index is 12.3. The van der Waals surface area contributed by atoms with Crippen molar-refractivity contribution in [1.29, 1.82) is 0 Å². The fraction of sp³-hybridized carbons (Fsp3) is 0.316. The molecule has 1 heterocycles. The van der Waals surface area contributed by atoms with Crippen molar-refractivity contribution in [2.24, 2.45) is 0 Å². The van der Waals surface area contributed by atoms with E-state index in [1.54, 1.807) is 11.3 Å². The number of carbonyl (C=O) groups excluding carboxylic acids is 2. The van der Waals surface area contributed by atoms with Crippen LogP contribution >= 0.6 is 11.3 Å². The van der Waals surface area contributed by atoms with Crippen LogP contribution in [0.1, 0.15) is 43.3 Å². The van der Waals surface area contributed by atoms with Crippen LogP contribution in [0.3, 0.4) is 0 Å². The normalized spacial score (nSPS) is 10.4. The molecule has 1 amide bonds. The molecule has 144 valence electrons. The number of aromatic carboxylic acids is 1. The minimum Gasteiger partial charge on any atom is -0.493 e. The van der Waals surface area contributed by atoms with Gasteiger partial charge < -0.3 is 19.9 Å². The number of anilines is 1. The Morgan fingerprint density at radius 2 is 1.78 bits per heavy atom. The number of thiophene rings is 1. The summed E-state index contributed by atoms with van der Waals surface area (Å²) in [5.74, 6) is -1.28. The van der Waals surface area contributed by atoms with Crippen molar-refractivity contribution in [3.05, 3.63) is 39.1 Å². The standard InChI is InChI=1S/C19H21NO6S/c1-10-7-13(11(2)27-10)15(21)5-6-17(22)20-14-8-12(19(23)24)9-16(25-3)18(14)26-4/h7-9H,5-6H2,1-4H3,(H,20,22)(H,23,24). The molecule has 0 spiro atoms. The van der Waals surface area contributed by atoms with Crippen LogP contribution in [0.5, 0.6) is 11.5 Å². The first-order valence-corrected chi connectivity index (χ1v) is 8.97. The van der Waals surface area contributed by atoms with Crippen LogP contribution in [0, 0.1) is 13.8 Å². The first kappa shape index (κ1) is 20.4. The fourth-order valence-corrected chi connectivity index (χ4v) is 3.61. The zero-order valence-electron chi connectivity index (χ0n) is 15.5. The van der Waals surface area contributed by atoms with Crippen LogP contribution in [-0.2, 0) is 4.79 Å². The number of ketones is 1. The van der Waals surface area contributed by atoms with Crippen molar-refractivity contribution in [2.75, 3.05) is 19.5 Å². The third-order valence-corrected chi connectivity index (χ3v) is 4.89. The molecule has 0 aliphatic rings. The van der Waals surface area contributed by atoms with Crippen molar-refractivity contribution < 1.29 is 29.0 Å². The van der Waals surface area contributed by atoms with Crippen molar-refractivity contribution in [1.82, 2.24) is 0 Å². The lowest BCUT2D eigenvalue weighted by molar-refractivity contribution is -0.116. The minimum atomic E-state index is -1.16. The summed E-state index contributed by atoms with van der Waals surface area (Å²) in [6, 6.07) is 4.42. The molecule has 0 radical (unpaired) electrons. The number of amides is 1. The summed E-state index contributed by atoms with van der Waals surface area (Å²) in [4.78, 5) is 37.8. The van der Waals surface area contributed by atoms with Gasteiger partial charge in [-0.3, -0.25) is 9.59 Å². The van der Waals surface area contributed by atoms with Crippen LogP contribution in [0.25, 0.3) is 0 Å². The van der Waals surface area contributed by atoms with Crippen molar-refractivity contribution in [2.45, 2.75) is 26.7 Å². The van der Waals surface area contributed by atoms with Gasteiger partial charge in [0.1, 0.15) is 0 Å². The highest BCUT2D eigenvalue weighted by molar-refractivity contribution is 7.12. The highest BCUT2D eigenvalue weighted by atomic mass is 32.1. The van der Waals surface area contributed by atoms with Gasteiger partial charge in [0, 0.05) is 28.2 Å². The number of carboxylic acids is 1. The van der Waals surface area contributed by atoms with Gasteiger partial charge in [-0.05, 0) is 32.0 Å². The molecule has 2 N–H and O–H groups in total. The Hall–Kier alpha value is -2.87. The number of aryl methyl sites for hydroxylation is 2. The van der Waals surface area contributed by atoms with E-state index in [1.807, 2.05) is 19.9 Å². The molecule has 7 nitrogen and oxygen atoms in total. The highest BCUT2D eigenvalue weighted by Crippen LogP contribution is 2.36. The van der Waals surface area contributed by atoms with Gasteiger partial charge in [-0.1, -0.05) is 0 Å². The number of hydrogen-bond donors (Lipinski definition) is 2. The van der Waals surface area contributed by atoms with E-state index in [2.05, 4.69) is 5.32 Å². The molecule has 0 saturated carbocycles. The predicted octanol–water partition coefficient (Wildman–Crippen LogP) is 3.68. The number of benzene rings is 1. The van der Waals surface area contributed by atoms with E-state index in [0.29, 0.717) is 5.56 Å². The molecule has 8 heteroatoms. The molecular weight excluding hydrogens is 370 g/mol. The number of carboxylic acid groups (broad SMARTS) is 1. The molecule has 0 atom stereocenters. The van der Waals surface area contributed by atoms with Gasteiger partial charge in [0.15, 0.2) is 17.3 Å². The topological polar surface area (TPSA) is 102 Å². The summed E-state index contributed by atoms with van der Waals surface area (Å²) >= 11 is 1.54. The number of hydrogen-bond acceptors (Lipinski definition) is 6. The molecule has 27 heavy (non-hydrogen) atoms. The van der Waals surface area contributed by atoms with E-state index in [-0.39, 0.29) is 41.4 Å². The maximum atomic E-state index is 12.3. The summed E-state index contributed by atoms with van der Waals surface area (Å²) < 4.78 is 10.3. The van der Waals surface area contributed by atoms with E-state index < -0.39 is 11.9 Å². The first-order chi connectivity index (χ1) is 12.8. The monoisotopic (exact) mass is 391 g/mol. The average Bonchev–Trinajstić information content (AvgIpc) is 2.97. The molecule has 0 aliphatic carbocycles. The summed E-state index contributed by atoms with van der Waals surface area (Å²) in [5, 5.41) is 11.8. The van der Waals surface area contributed by atoms with Crippen LogP contribution in [-0.4, -0.2) is 37.0 Å². The average molecular weight is 391 g/mol. The molecule has 0 unspecified atom stereocenters. The van der Waals surface area contributed by atoms with Crippen molar-refractivity contribution in [3.8, 4) is 11.5 Å². The number of Topliss-reactive ketones (excluding diaryl/α,β-unsaturated/α-hetero) is 1. The highest BCUT2D eigenvalue weighted by Gasteiger charge is 2.19. The fourth-order valence-electron chi connectivity index (χ4n) is 2.66. The van der Waals surface area contributed by atoms with Gasteiger partial charge in [-0.15, -0.1) is 11.3 Å². The quantitative estimate of drug-likeness (QED) is 0.666. The van der Waals surface area contributed by atoms with Gasteiger partial charge in [0.25, 0.3) is 0 Å². The summed E-state index contributed by atoms with van der Waals surface area (Å²) in [7, 11) is 2.76. The molecule has 2 rings (SSSR count). The minimum absolute atomic E-state index is 0.0318. The second-order valence-corrected chi connectivity index (χ2v) is 7.32.